The molecule has 0 amide bonds. The summed E-state index contributed by atoms with van der Waals surface area (Å²) in [4.78, 5) is 11.7. The summed E-state index contributed by atoms with van der Waals surface area (Å²) in [5.41, 5.74) is 5.95. The predicted molar refractivity (Wildman–Crippen MR) is 95.8 cm³/mol. The van der Waals surface area contributed by atoms with Gasteiger partial charge in [-0.25, -0.2) is 0 Å². The molecule has 1 heterocycles. The van der Waals surface area contributed by atoms with E-state index in [1.165, 1.54) is 18.2 Å². The number of nitrogens with zero attached hydrogens (tertiary/aromatic N) is 3. The smallest absolute Gasteiger partial charge is 0.296 e. The van der Waals surface area contributed by atoms with Gasteiger partial charge in [0.05, 0.1) is 5.69 Å². The third kappa shape index (κ3) is 5.67. The molecule has 1 atom stereocenters. The molecule has 0 radical (unpaired) electrons. The van der Waals surface area contributed by atoms with Crippen molar-refractivity contribution in [3.05, 3.63) is 23.5 Å². The number of hydrogen-bond acceptors (Lipinski definition) is 8. The number of rotatable bonds is 6. The quantitative estimate of drug-likeness (QED) is 0.420. The monoisotopic (exact) mass is 390 g/mol. The highest BCUT2D eigenvalue weighted by atomic mass is 35.5. The van der Waals surface area contributed by atoms with Crippen LogP contribution in [0.1, 0.15) is 20.3 Å². The van der Waals surface area contributed by atoms with Crippen LogP contribution in [0.3, 0.4) is 0 Å². The summed E-state index contributed by atoms with van der Waals surface area (Å²) in [6, 6.07) is 4.08. The van der Waals surface area contributed by atoms with Gasteiger partial charge in [-0.2, -0.15) is 23.4 Å². The van der Waals surface area contributed by atoms with E-state index in [1.807, 2.05) is 13.8 Å². The molecule has 1 unspecified atom stereocenters. The third-order valence-corrected chi connectivity index (χ3v) is 4.24. The molecule has 1 aromatic carbocycles. The lowest BCUT2D eigenvalue weighted by atomic mass is 10.3. The average molecular weight is 391 g/mol. The van der Waals surface area contributed by atoms with Crippen LogP contribution < -0.4 is 16.4 Å². The van der Waals surface area contributed by atoms with Gasteiger partial charge >= 0.3 is 0 Å². The largest absolute Gasteiger partial charge is 0.412 e. The number of benzene rings is 1. The lowest BCUT2D eigenvalue weighted by molar-refractivity contribution is 0.483. The van der Waals surface area contributed by atoms with E-state index in [-0.39, 0.29) is 33.3 Å². The van der Waals surface area contributed by atoms with Crippen LogP contribution in [-0.2, 0) is 10.1 Å². The SMILES string of the molecule is CCC(C)Nc1nc(Cl)nc(Nc2ccc(S(=O)(=O)O)c(N)c2)n1.O. The summed E-state index contributed by atoms with van der Waals surface area (Å²) in [6.45, 7) is 3.98. The minimum atomic E-state index is -4.38. The maximum absolute atomic E-state index is 11.1. The summed E-state index contributed by atoms with van der Waals surface area (Å²) in [6.07, 6.45) is 0.875. The first-order valence-corrected chi connectivity index (χ1v) is 8.83. The van der Waals surface area contributed by atoms with Crippen LogP contribution in [0.15, 0.2) is 23.1 Å². The van der Waals surface area contributed by atoms with Gasteiger partial charge in [0.2, 0.25) is 17.2 Å². The molecule has 25 heavy (non-hydrogen) atoms. The topological polar surface area (TPSA) is 175 Å². The number of aromatic nitrogens is 3. The molecule has 7 N–H and O–H groups in total. The van der Waals surface area contributed by atoms with Gasteiger partial charge in [0.25, 0.3) is 10.1 Å². The number of nitrogens with two attached hydrogens (primary N) is 1. The second-order valence-electron chi connectivity index (χ2n) is 5.06. The van der Waals surface area contributed by atoms with Crippen LogP contribution >= 0.6 is 11.6 Å². The molecule has 10 nitrogen and oxygen atoms in total. The van der Waals surface area contributed by atoms with Crippen molar-refractivity contribution < 1.29 is 18.4 Å². The zero-order valence-electron chi connectivity index (χ0n) is 13.5. The third-order valence-electron chi connectivity index (χ3n) is 3.14. The molecule has 1 aromatic heterocycles. The van der Waals surface area contributed by atoms with Crippen molar-refractivity contribution >= 4 is 45.0 Å². The Bertz CT molecular complexity index is 848. The average Bonchev–Trinajstić information content (AvgIpc) is 2.45. The molecule has 0 aliphatic rings. The fourth-order valence-electron chi connectivity index (χ4n) is 1.78. The lowest BCUT2D eigenvalue weighted by Crippen LogP contribution is -2.16. The lowest BCUT2D eigenvalue weighted by Gasteiger charge is -2.12. The zero-order valence-corrected chi connectivity index (χ0v) is 15.1. The van der Waals surface area contributed by atoms with Crippen LogP contribution in [0.25, 0.3) is 0 Å². The molecule has 2 rings (SSSR count). The molecule has 0 saturated carbocycles. The summed E-state index contributed by atoms with van der Waals surface area (Å²) in [5.74, 6) is 0.481. The van der Waals surface area contributed by atoms with E-state index in [4.69, 9.17) is 21.9 Å². The van der Waals surface area contributed by atoms with E-state index in [0.29, 0.717) is 11.6 Å². The summed E-state index contributed by atoms with van der Waals surface area (Å²) in [5, 5.41) is 5.93. The Balaban J connectivity index is 0.00000312. The summed E-state index contributed by atoms with van der Waals surface area (Å²) < 4.78 is 31.3. The van der Waals surface area contributed by atoms with Crippen LogP contribution in [-0.4, -0.2) is 39.4 Å². The molecular weight excluding hydrogens is 372 g/mol. The standard InChI is InChI=1S/C13H17ClN6O3S.H2O/c1-3-7(2)16-12-18-11(14)19-13(20-12)17-8-4-5-10(9(15)6-8)24(21,22)23;/h4-7H,3,15H2,1-2H3,(H,21,22,23)(H2,16,17,18,19,20);1H2. The maximum Gasteiger partial charge on any atom is 0.296 e. The molecule has 12 heteroatoms. The molecule has 2 aromatic rings. The van der Waals surface area contributed by atoms with Crippen LogP contribution in [0.5, 0.6) is 0 Å². The number of nitrogen functional groups attached to an aromatic ring is 1. The Morgan fingerprint density at radius 3 is 2.48 bits per heavy atom. The Morgan fingerprint density at radius 2 is 1.92 bits per heavy atom. The molecule has 0 saturated heterocycles. The minimum absolute atomic E-state index is 0. The Kier molecular flexibility index (Phi) is 6.87. The maximum atomic E-state index is 11.1. The van der Waals surface area contributed by atoms with Gasteiger partial charge in [-0.15, -0.1) is 0 Å². The van der Waals surface area contributed by atoms with Gasteiger partial charge < -0.3 is 21.8 Å². The highest BCUT2D eigenvalue weighted by Crippen LogP contribution is 2.24. The van der Waals surface area contributed by atoms with Crippen molar-refractivity contribution in [2.24, 2.45) is 0 Å². The van der Waals surface area contributed by atoms with Gasteiger partial charge in [0.15, 0.2) is 0 Å². The minimum Gasteiger partial charge on any atom is -0.412 e. The van der Waals surface area contributed by atoms with E-state index in [0.717, 1.165) is 6.42 Å². The van der Waals surface area contributed by atoms with Gasteiger partial charge in [-0.1, -0.05) is 6.92 Å². The van der Waals surface area contributed by atoms with Crippen LogP contribution in [0, 0.1) is 0 Å². The second-order valence-corrected chi connectivity index (χ2v) is 6.79. The van der Waals surface area contributed by atoms with Gasteiger partial charge in [0.1, 0.15) is 4.90 Å². The van der Waals surface area contributed by atoms with Crippen molar-refractivity contribution in [1.29, 1.82) is 0 Å². The molecule has 0 spiro atoms. The summed E-state index contributed by atoms with van der Waals surface area (Å²) in [7, 11) is -4.38. The Morgan fingerprint density at radius 1 is 1.28 bits per heavy atom. The van der Waals surface area contributed by atoms with E-state index in [2.05, 4.69) is 25.6 Å². The fraction of sp³-hybridized carbons (Fsp3) is 0.308. The molecular formula is C13H19ClN6O4S. The van der Waals surface area contributed by atoms with Gasteiger partial charge in [0, 0.05) is 11.7 Å². The first-order chi connectivity index (χ1) is 11.2. The highest BCUT2D eigenvalue weighted by molar-refractivity contribution is 7.86. The van der Waals surface area contributed by atoms with Gasteiger partial charge in [-0.3, -0.25) is 4.55 Å². The Labute approximate surface area is 149 Å². The number of anilines is 4. The van der Waals surface area contributed by atoms with Crippen LogP contribution in [0.4, 0.5) is 23.3 Å². The van der Waals surface area contributed by atoms with Crippen molar-refractivity contribution in [1.82, 2.24) is 15.0 Å². The predicted octanol–water partition coefficient (Wildman–Crippen LogP) is 1.48. The fourth-order valence-corrected chi connectivity index (χ4v) is 2.54. The zero-order chi connectivity index (χ0) is 17.9. The van der Waals surface area contributed by atoms with E-state index in [9.17, 15) is 8.42 Å². The van der Waals surface area contributed by atoms with Crippen molar-refractivity contribution in [2.45, 2.75) is 31.2 Å². The highest BCUT2D eigenvalue weighted by Gasteiger charge is 2.14. The van der Waals surface area contributed by atoms with E-state index in [1.54, 1.807) is 0 Å². The van der Waals surface area contributed by atoms with Crippen molar-refractivity contribution in [3.63, 3.8) is 0 Å². The van der Waals surface area contributed by atoms with Crippen LogP contribution in [0.2, 0.25) is 5.28 Å². The molecule has 138 valence electrons. The van der Waals surface area contributed by atoms with Crippen molar-refractivity contribution in [3.8, 4) is 0 Å². The number of nitrogens with one attached hydrogen (secondary N) is 2. The van der Waals surface area contributed by atoms with Crippen molar-refractivity contribution in [2.75, 3.05) is 16.4 Å². The number of hydrogen-bond donors (Lipinski definition) is 4. The second kappa shape index (κ2) is 8.25. The molecule has 0 bridgehead atoms. The van der Waals surface area contributed by atoms with E-state index >= 15 is 0 Å². The normalized spacial score (nSPS) is 12.2. The molecule has 0 aliphatic carbocycles. The molecule has 0 fully saturated rings. The number of halogens is 1. The van der Waals surface area contributed by atoms with Gasteiger partial charge in [-0.05, 0) is 43.1 Å². The van der Waals surface area contributed by atoms with E-state index < -0.39 is 10.1 Å². The first kappa shape index (κ1) is 20.8. The summed E-state index contributed by atoms with van der Waals surface area (Å²) >= 11 is 5.88. The Hall–Kier alpha value is -2.21. The molecule has 0 aliphatic heterocycles. The first-order valence-electron chi connectivity index (χ1n) is 7.01.